The van der Waals surface area contributed by atoms with Crippen LogP contribution in [0.15, 0.2) is 87.1 Å². The number of amides is 5. The Labute approximate surface area is 722 Å². The van der Waals surface area contributed by atoms with Gasteiger partial charge in [0.2, 0.25) is 23.3 Å². The number of nitrogens with two attached hydrogens (primary N) is 3. The molecule has 0 radical (unpaired) electrons. The molecule has 5 amide bonds. The fourth-order valence-corrected chi connectivity index (χ4v) is 21.1. The molecule has 126 heavy (non-hydrogen) atoms. The monoisotopic (exact) mass is 1750 g/mol. The third kappa shape index (κ3) is 15.2. The summed E-state index contributed by atoms with van der Waals surface area (Å²) in [5.74, 6) is -22.2. The molecular weight excluding hydrogens is 1640 g/mol. The van der Waals surface area contributed by atoms with Crippen LogP contribution in [-0.2, 0) is 71.9 Å². The third-order valence-electron chi connectivity index (χ3n) is 27.4. The number of hydrogen-bond donors (Lipinski definition) is 15. The Morgan fingerprint density at radius 2 is 0.690 bits per heavy atom. The number of likely N-dealkylation sites (tertiary alicyclic amines) is 1. The Kier molecular flexibility index (Phi) is 25.1. The molecule has 38 nitrogen and oxygen atoms in total. The summed E-state index contributed by atoms with van der Waals surface area (Å²) in [5.41, 5.74) is 5.96. The Hall–Kier alpha value is -11.9. The average molecular weight is 1750 g/mol. The number of nitrogens with zero attached hydrogens (tertiary/aromatic N) is 8. The van der Waals surface area contributed by atoms with E-state index in [4.69, 9.17) is 21.9 Å². The number of benzene rings is 3. The third-order valence-corrected chi connectivity index (χ3v) is 27.4. The maximum Gasteiger partial charge on any atom is 0.409 e. The smallest absolute Gasteiger partial charge is 0.409 e. The van der Waals surface area contributed by atoms with E-state index in [2.05, 4.69) is 11.8 Å². The minimum absolute atomic E-state index is 0.00293. The first-order chi connectivity index (χ1) is 59.2. The lowest BCUT2D eigenvalue weighted by Crippen LogP contribution is -2.65. The molecule has 3 aromatic carbocycles. The van der Waals surface area contributed by atoms with Gasteiger partial charge < -0.3 is 93.0 Å². The van der Waals surface area contributed by atoms with Crippen LogP contribution in [0, 0.1) is 41.4 Å². The molecule has 0 bridgehead atoms. The number of fused-ring (bicyclic) bond motifs is 9. The molecule has 38 heteroatoms. The zero-order valence-corrected chi connectivity index (χ0v) is 71.1. The summed E-state index contributed by atoms with van der Waals surface area (Å²) in [6.07, 6.45) is 1.53. The van der Waals surface area contributed by atoms with Crippen molar-refractivity contribution in [3.63, 3.8) is 0 Å². The van der Waals surface area contributed by atoms with E-state index in [0.29, 0.717) is 80.5 Å². The molecule has 3 aliphatic heterocycles. The van der Waals surface area contributed by atoms with E-state index >= 15 is 0 Å². The number of hydrogen-bond acceptors (Lipinski definition) is 33. The highest BCUT2D eigenvalue weighted by Crippen LogP contribution is 2.57. The minimum atomic E-state index is -2.74. The fraction of sp³-hybridized carbons (Fsp3) is 0.500. The van der Waals surface area contributed by atoms with Crippen LogP contribution in [0.2, 0.25) is 0 Å². The number of carbonyl (C=O) groups is 14. The summed E-state index contributed by atoms with van der Waals surface area (Å²) >= 11 is 0. The van der Waals surface area contributed by atoms with Gasteiger partial charge in [0.25, 0.3) is 17.7 Å². The second-order valence-electron chi connectivity index (χ2n) is 35.3. The summed E-state index contributed by atoms with van der Waals surface area (Å²) in [5, 5.41) is 134. The summed E-state index contributed by atoms with van der Waals surface area (Å²) in [6, 6.07) is 4.63. The molecule has 12 aliphatic rings. The number of ether oxygens (including phenoxy) is 1. The summed E-state index contributed by atoms with van der Waals surface area (Å²) < 4.78 is 5.04. The van der Waals surface area contributed by atoms with E-state index in [0.717, 1.165) is 25.9 Å². The Balaban J connectivity index is 0.000000162. The van der Waals surface area contributed by atoms with Crippen molar-refractivity contribution in [1.82, 2.24) is 39.2 Å². The summed E-state index contributed by atoms with van der Waals surface area (Å²) in [6.45, 7) is 11.1. The van der Waals surface area contributed by atoms with Gasteiger partial charge in [0.05, 0.1) is 61.1 Å². The number of Topliss-reactive ketones (excluding diaryl/α,β-unsaturated/α-hetero) is 9. The number of aromatic hydroxyl groups is 3. The van der Waals surface area contributed by atoms with E-state index in [-0.39, 0.29) is 144 Å². The van der Waals surface area contributed by atoms with Gasteiger partial charge in [-0.05, 0) is 190 Å². The predicted molar refractivity (Wildman–Crippen MR) is 444 cm³/mol. The van der Waals surface area contributed by atoms with Crippen LogP contribution < -0.4 is 17.2 Å². The number of aliphatic hydroxyl groups excluding tert-OH is 6. The van der Waals surface area contributed by atoms with Gasteiger partial charge in [-0.15, -0.1) is 0 Å². The normalized spacial score (nSPS) is 28.2. The molecule has 3 saturated carbocycles. The molecule has 674 valence electrons. The highest BCUT2D eigenvalue weighted by Gasteiger charge is 2.68. The van der Waals surface area contributed by atoms with Crippen molar-refractivity contribution in [3.8, 4) is 17.2 Å². The van der Waals surface area contributed by atoms with Crippen LogP contribution in [0.4, 0.5) is 4.79 Å². The van der Waals surface area contributed by atoms with Crippen molar-refractivity contribution in [2.75, 3.05) is 134 Å². The topological polar surface area (TPSA) is 595 Å². The molecule has 6 fully saturated rings. The molecule has 3 heterocycles. The van der Waals surface area contributed by atoms with Gasteiger partial charge >= 0.3 is 6.09 Å². The molecule has 12 atom stereocenters. The largest absolute Gasteiger partial charge is 0.508 e. The van der Waals surface area contributed by atoms with Gasteiger partial charge in [-0.2, -0.15) is 0 Å². The standard InChI is InChI=1S/C30H36N4O10.C29H34N4O9.C29H35N3O8/c1-4-44-29(42)34-9-7-33(8-10-34)13-19(36)15-5-6-18(35)21-16(15)11-14-12-17-23(32(2)3)25(38)22(28(31)41)27(40)30(17,43)26(39)20(14)24(21)37;1-13(34)33-8-6-32(7-9-33)12-19(36)15-4-5-18(35)21-16(15)10-14-11-17-23(31(2)3)25(38)22(28(30)41)27(40)29(17,42)26(39)20(14)24(21)37;1-13-6-8-32(9-7-13)12-19(34)15-4-5-18(33)21-16(15)10-14-11-17-23(31(2)3)25(36)22(28(30)39)27(38)29(17,40)26(37)20(14)24(21)35/h5-6,14,17,23,35,37,40,43H,4,7-13H2,1-3H3,(H2,31,41);4-5,14,17,23,35,37,40,42H,6-12H2,1-3H3,(H2,30,41);4-5,13-14,17,23,33,35,38,40H,6-12H2,1-3H3,(H2,30,39)/t14-,17-,23-,30-;2*14-,17-,23-,29-/m000/s1. The van der Waals surface area contributed by atoms with E-state index in [1.165, 1.54) is 86.2 Å². The number of carbonyl (C=O) groups excluding carboxylic acids is 14. The van der Waals surface area contributed by atoms with Crippen molar-refractivity contribution in [1.29, 1.82) is 0 Å². The number of primary amides is 3. The van der Waals surface area contributed by atoms with Gasteiger partial charge in [-0.3, -0.25) is 91.7 Å². The van der Waals surface area contributed by atoms with Crippen LogP contribution >= 0.6 is 0 Å². The van der Waals surface area contributed by atoms with Crippen molar-refractivity contribution in [2.45, 2.75) is 107 Å². The lowest BCUT2D eigenvalue weighted by atomic mass is 9.57. The average Bonchev–Trinajstić information content (AvgIpc) is 0.706. The van der Waals surface area contributed by atoms with Gasteiger partial charge in [-0.25, -0.2) is 4.79 Å². The molecule has 9 aliphatic carbocycles. The SMILES string of the molecule is CC(=O)N1CCN(CC(=O)c2ccc(O)c3c2C[C@H]2C[C@H]4[C@H](N(C)C)C(=O)C(C(N)=O)=C(O)[C@@]4(O)C(=O)C2=C3O)CC1.CC1CCN(CC(=O)c2ccc(O)c3c2C[C@H]2C[C@H]4[C@H](N(C)C)C(=O)C(C(N)=O)=C(O)[C@@]4(O)C(=O)C2=C3O)CC1.CCOC(=O)N1CCN(CC(=O)c2ccc(O)c3c2C[C@H]2C[C@H]4[C@H](N(C)C)C(=O)C(C(N)=O)=C(O)[C@@]4(O)C(=O)C2=C3O)CC1. The van der Waals surface area contributed by atoms with Gasteiger partial charge in [0, 0.05) is 110 Å². The molecule has 18 N–H and O–H groups in total. The van der Waals surface area contributed by atoms with Crippen LogP contribution in [0.5, 0.6) is 17.2 Å². The van der Waals surface area contributed by atoms with Gasteiger partial charge in [0.15, 0.2) is 51.5 Å². The van der Waals surface area contributed by atoms with Crippen LogP contribution in [0.25, 0.3) is 17.3 Å². The number of likely N-dealkylation sites (N-methyl/N-ethyl adjacent to an activating group) is 3. The first kappa shape index (κ1) is 91.8. The van der Waals surface area contributed by atoms with Crippen LogP contribution in [0.3, 0.4) is 0 Å². The molecular formula is C88H105N11O27. The Morgan fingerprint density at radius 1 is 0.421 bits per heavy atom. The lowest BCUT2D eigenvalue weighted by molar-refractivity contribution is -0.155. The zero-order chi connectivity index (χ0) is 92.3. The molecule has 0 spiro atoms. The molecule has 0 aromatic heterocycles. The number of piperidine rings is 1. The number of piperazine rings is 2. The number of aliphatic hydroxyl groups is 9. The second-order valence-corrected chi connectivity index (χ2v) is 35.3. The van der Waals surface area contributed by atoms with Crippen molar-refractivity contribution < 1.29 is 133 Å². The van der Waals surface area contributed by atoms with Crippen molar-refractivity contribution in [3.05, 3.63) is 137 Å². The summed E-state index contributed by atoms with van der Waals surface area (Å²) in [7, 11) is 9.19. The number of ketones is 9. The second kappa shape index (κ2) is 34.5. The van der Waals surface area contributed by atoms with Gasteiger partial charge in [0.1, 0.15) is 68.5 Å². The number of phenolic OH excluding ortho intramolecular Hbond substituents is 3. The van der Waals surface area contributed by atoms with E-state index in [9.17, 15) is 128 Å². The maximum atomic E-state index is 14.0. The van der Waals surface area contributed by atoms with E-state index in [1.54, 1.807) is 30.8 Å². The fourth-order valence-electron chi connectivity index (χ4n) is 21.1. The lowest BCUT2D eigenvalue weighted by Gasteiger charge is -2.50. The van der Waals surface area contributed by atoms with Crippen LogP contribution in [0.1, 0.15) is 117 Å². The molecule has 3 aromatic rings. The number of phenols is 3. The van der Waals surface area contributed by atoms with E-state index < -0.39 is 186 Å². The van der Waals surface area contributed by atoms with Crippen LogP contribution in [-0.4, -0.2) is 351 Å². The first-order valence-corrected chi connectivity index (χ1v) is 41.6. The Bertz CT molecular complexity index is 5440. The Morgan fingerprint density at radius 3 is 0.944 bits per heavy atom. The highest BCUT2D eigenvalue weighted by atomic mass is 16.6. The first-order valence-electron chi connectivity index (χ1n) is 41.6. The quantitative estimate of drug-likeness (QED) is 0.0668. The number of rotatable bonds is 16. The molecule has 3 saturated heterocycles. The maximum absolute atomic E-state index is 14.0. The predicted octanol–water partition coefficient (Wildman–Crippen LogP) is 0.110. The van der Waals surface area contributed by atoms with E-state index in [1.807, 2.05) is 9.80 Å². The van der Waals surface area contributed by atoms with Gasteiger partial charge in [-0.1, -0.05) is 6.92 Å². The van der Waals surface area contributed by atoms with Crippen molar-refractivity contribution >= 4 is 99.0 Å². The van der Waals surface area contributed by atoms with Crippen molar-refractivity contribution in [2.24, 2.45) is 58.6 Å². The molecule has 0 unspecified atom stereocenters. The molecule has 15 rings (SSSR count). The summed E-state index contributed by atoms with van der Waals surface area (Å²) in [4.78, 5) is 195. The minimum Gasteiger partial charge on any atom is -0.508 e. The zero-order valence-electron chi connectivity index (χ0n) is 71.1. The highest BCUT2D eigenvalue weighted by molar-refractivity contribution is 6.27.